The lowest BCUT2D eigenvalue weighted by Gasteiger charge is -2.60. The summed E-state index contributed by atoms with van der Waals surface area (Å²) in [5.41, 5.74) is 0.864. The van der Waals surface area contributed by atoms with Crippen LogP contribution < -0.4 is 0 Å². The molecule has 0 heterocycles. The van der Waals surface area contributed by atoms with Crippen LogP contribution in [0.2, 0.25) is 0 Å². The van der Waals surface area contributed by atoms with Crippen LogP contribution in [0.5, 0.6) is 0 Å². The van der Waals surface area contributed by atoms with E-state index < -0.39 is 11.4 Å². The average Bonchev–Trinajstić information content (AvgIpc) is 2.89. The molecule has 0 aliphatic heterocycles. The number of carboxylic acids is 1. The molecule has 4 aliphatic rings. The summed E-state index contributed by atoms with van der Waals surface area (Å²) in [6.07, 6.45) is 11.3. The van der Waals surface area contributed by atoms with Crippen molar-refractivity contribution >= 4 is 5.97 Å². The van der Waals surface area contributed by atoms with Gasteiger partial charge in [0.2, 0.25) is 0 Å². The van der Waals surface area contributed by atoms with Gasteiger partial charge in [0.25, 0.3) is 0 Å². The molecular formula is C23H36O3. The van der Waals surface area contributed by atoms with E-state index >= 15 is 0 Å². The molecule has 3 heteroatoms. The van der Waals surface area contributed by atoms with Crippen LogP contribution in [0.4, 0.5) is 0 Å². The van der Waals surface area contributed by atoms with Gasteiger partial charge in [-0.05, 0) is 99.7 Å². The van der Waals surface area contributed by atoms with E-state index in [1.54, 1.807) is 0 Å². The summed E-state index contributed by atoms with van der Waals surface area (Å²) in [7, 11) is 0. The lowest BCUT2D eigenvalue weighted by Crippen LogP contribution is -2.53. The molecule has 0 aromatic carbocycles. The molecule has 4 aliphatic carbocycles. The molecule has 0 aromatic rings. The summed E-state index contributed by atoms with van der Waals surface area (Å²) in [5.74, 6) is 2.12. The first-order valence-electron chi connectivity index (χ1n) is 10.7. The number of carbonyl (C=O) groups is 1. The van der Waals surface area contributed by atoms with Gasteiger partial charge in [-0.3, -0.25) is 4.79 Å². The van der Waals surface area contributed by atoms with Gasteiger partial charge in [-0.25, -0.2) is 0 Å². The van der Waals surface area contributed by atoms with Gasteiger partial charge in [-0.1, -0.05) is 25.5 Å². The highest BCUT2D eigenvalue weighted by molar-refractivity contribution is 5.77. The van der Waals surface area contributed by atoms with Crippen LogP contribution in [0.15, 0.2) is 11.6 Å². The molecule has 3 fully saturated rings. The summed E-state index contributed by atoms with van der Waals surface area (Å²) in [5, 5.41) is 20.2. The number of rotatable bonds is 2. The minimum atomic E-state index is -0.737. The number of aliphatic carboxylic acids is 1. The largest absolute Gasteiger partial charge is 0.481 e. The quantitative estimate of drug-likeness (QED) is 0.679. The highest BCUT2D eigenvalue weighted by Crippen LogP contribution is 2.66. The number of hydrogen-bond donors (Lipinski definition) is 2. The first-order valence-corrected chi connectivity index (χ1v) is 10.7. The van der Waals surface area contributed by atoms with Crippen molar-refractivity contribution in [2.24, 2.45) is 39.9 Å². The third-order valence-electron chi connectivity index (χ3n) is 9.61. The molecule has 3 saturated carbocycles. The zero-order valence-corrected chi connectivity index (χ0v) is 16.9. The fraction of sp³-hybridized carbons (Fsp3) is 0.870. The van der Waals surface area contributed by atoms with E-state index in [9.17, 15) is 15.0 Å². The first kappa shape index (κ1) is 18.5. The van der Waals surface area contributed by atoms with E-state index in [-0.39, 0.29) is 11.5 Å². The van der Waals surface area contributed by atoms with Crippen molar-refractivity contribution in [3.8, 4) is 0 Å². The van der Waals surface area contributed by atoms with E-state index in [4.69, 9.17) is 0 Å². The molecule has 4 rings (SSSR count). The van der Waals surface area contributed by atoms with Crippen LogP contribution >= 0.6 is 0 Å². The van der Waals surface area contributed by atoms with Gasteiger partial charge in [0.15, 0.2) is 0 Å². The van der Waals surface area contributed by atoms with Crippen LogP contribution in [-0.4, -0.2) is 22.3 Å². The van der Waals surface area contributed by atoms with Crippen molar-refractivity contribution in [1.82, 2.24) is 0 Å². The highest BCUT2D eigenvalue weighted by atomic mass is 16.4. The van der Waals surface area contributed by atoms with Crippen molar-refractivity contribution in [2.75, 3.05) is 0 Å². The predicted molar refractivity (Wildman–Crippen MR) is 103 cm³/mol. The zero-order valence-electron chi connectivity index (χ0n) is 16.9. The SMILES string of the molecule is CC(C)(C(=O)O)C1=CC[C@@]2(C)[C@@H](CC[C@@H]3[C@H]2CC[C@@]2(C)[C@@H]3CC[C@@H]2O)C1. The number of aliphatic hydroxyl groups is 1. The molecule has 2 N–H and O–H groups in total. The Balaban J connectivity index is 1.61. The van der Waals surface area contributed by atoms with E-state index in [1.165, 1.54) is 32.1 Å². The second kappa shape index (κ2) is 5.83. The van der Waals surface area contributed by atoms with E-state index in [2.05, 4.69) is 19.9 Å². The predicted octanol–water partition coefficient (Wildman–Crippen LogP) is 5.04. The molecule has 0 bridgehead atoms. The topological polar surface area (TPSA) is 57.5 Å². The Bertz CT molecular complexity index is 635. The summed E-state index contributed by atoms with van der Waals surface area (Å²) in [4.78, 5) is 11.7. The van der Waals surface area contributed by atoms with Gasteiger partial charge >= 0.3 is 5.97 Å². The highest BCUT2D eigenvalue weighted by Gasteiger charge is 2.59. The van der Waals surface area contributed by atoms with Gasteiger partial charge in [0.05, 0.1) is 11.5 Å². The van der Waals surface area contributed by atoms with Crippen LogP contribution in [0.3, 0.4) is 0 Å². The molecular weight excluding hydrogens is 324 g/mol. The second-order valence-corrected chi connectivity index (χ2v) is 10.9. The van der Waals surface area contributed by atoms with Gasteiger partial charge in [-0.15, -0.1) is 0 Å². The molecule has 0 amide bonds. The standard InChI is InChI=1S/C23H36O3/c1-21(2,20(25)26)14-9-11-22(3)15(13-14)5-6-16-17-7-8-19(24)23(17,4)12-10-18(16)22/h9,15-19,24H,5-8,10-13H2,1-4H3,(H,25,26)/t15-,16-,17+,18+,19-,22-,23-/m0/s1. The summed E-state index contributed by atoms with van der Waals surface area (Å²) in [6, 6.07) is 0. The number of fused-ring (bicyclic) bond motifs is 5. The molecule has 7 atom stereocenters. The monoisotopic (exact) mass is 360 g/mol. The Morgan fingerprint density at radius 3 is 2.46 bits per heavy atom. The number of hydrogen-bond acceptors (Lipinski definition) is 2. The van der Waals surface area contributed by atoms with Gasteiger partial charge in [0, 0.05) is 0 Å². The Morgan fingerprint density at radius 2 is 1.77 bits per heavy atom. The molecule has 0 aromatic heterocycles. The average molecular weight is 361 g/mol. The Labute approximate surface area is 158 Å². The minimum absolute atomic E-state index is 0.104. The molecule has 3 nitrogen and oxygen atoms in total. The smallest absolute Gasteiger partial charge is 0.313 e. The van der Waals surface area contributed by atoms with E-state index in [0.717, 1.165) is 36.7 Å². The Morgan fingerprint density at radius 1 is 1.08 bits per heavy atom. The van der Waals surface area contributed by atoms with E-state index in [0.29, 0.717) is 17.3 Å². The third kappa shape index (κ3) is 2.38. The van der Waals surface area contributed by atoms with Crippen LogP contribution in [-0.2, 0) is 4.79 Å². The van der Waals surface area contributed by atoms with Gasteiger partial charge in [0.1, 0.15) is 0 Å². The van der Waals surface area contributed by atoms with Gasteiger partial charge < -0.3 is 10.2 Å². The van der Waals surface area contributed by atoms with Crippen molar-refractivity contribution in [2.45, 2.75) is 85.2 Å². The Hall–Kier alpha value is -0.830. The number of aliphatic hydroxyl groups excluding tert-OH is 1. The molecule has 0 radical (unpaired) electrons. The summed E-state index contributed by atoms with van der Waals surface area (Å²) in [6.45, 7) is 8.56. The normalized spacial score (nSPS) is 48.2. The lowest BCUT2D eigenvalue weighted by molar-refractivity contribution is -0.145. The zero-order chi connectivity index (χ0) is 18.9. The van der Waals surface area contributed by atoms with Gasteiger partial charge in [-0.2, -0.15) is 0 Å². The molecule has 0 unspecified atom stereocenters. The molecule has 146 valence electrons. The van der Waals surface area contributed by atoms with Crippen LogP contribution in [0.25, 0.3) is 0 Å². The molecule has 0 spiro atoms. The van der Waals surface area contributed by atoms with Crippen molar-refractivity contribution in [1.29, 1.82) is 0 Å². The van der Waals surface area contributed by atoms with Crippen LogP contribution in [0.1, 0.15) is 79.1 Å². The van der Waals surface area contributed by atoms with Crippen molar-refractivity contribution in [3.05, 3.63) is 11.6 Å². The number of carboxylic acid groups (broad SMARTS) is 1. The summed E-state index contributed by atoms with van der Waals surface area (Å²) < 4.78 is 0. The minimum Gasteiger partial charge on any atom is -0.481 e. The third-order valence-corrected chi connectivity index (χ3v) is 9.61. The van der Waals surface area contributed by atoms with Crippen molar-refractivity contribution in [3.63, 3.8) is 0 Å². The fourth-order valence-corrected chi connectivity index (χ4v) is 7.50. The first-order chi connectivity index (χ1) is 12.1. The maximum absolute atomic E-state index is 11.7. The maximum atomic E-state index is 11.7. The second-order valence-electron chi connectivity index (χ2n) is 10.9. The fourth-order valence-electron chi connectivity index (χ4n) is 7.50. The molecule has 26 heavy (non-hydrogen) atoms. The number of allylic oxidation sites excluding steroid dienone is 1. The molecule has 0 saturated heterocycles. The summed E-state index contributed by atoms with van der Waals surface area (Å²) >= 11 is 0. The Kier molecular flexibility index (Phi) is 4.16. The lowest BCUT2D eigenvalue weighted by atomic mass is 9.45. The van der Waals surface area contributed by atoms with Crippen LogP contribution in [0, 0.1) is 39.9 Å². The van der Waals surface area contributed by atoms with Crippen molar-refractivity contribution < 1.29 is 15.0 Å². The maximum Gasteiger partial charge on any atom is 0.313 e. The van der Waals surface area contributed by atoms with E-state index in [1.807, 2.05) is 13.8 Å².